The first-order chi connectivity index (χ1) is 7.39. The summed E-state index contributed by atoms with van der Waals surface area (Å²) in [5.41, 5.74) is 0.386. The van der Waals surface area contributed by atoms with Gasteiger partial charge in [-0.05, 0) is 37.1 Å². The molecular weight excluding hydrogens is 222 g/mol. The molecule has 2 aliphatic rings. The average Bonchev–Trinajstić information content (AvgIpc) is 2.66. The molecule has 1 N–H and O–H groups in total. The summed E-state index contributed by atoms with van der Waals surface area (Å²) >= 11 is 0. The number of hydrogen-bond acceptors (Lipinski definition) is 3. The van der Waals surface area contributed by atoms with E-state index in [1.165, 1.54) is 19.3 Å². The Kier molecular flexibility index (Phi) is 3.32. The third-order valence-corrected chi connectivity index (χ3v) is 6.07. The molecule has 0 spiro atoms. The van der Waals surface area contributed by atoms with E-state index in [9.17, 15) is 8.42 Å². The van der Waals surface area contributed by atoms with Crippen LogP contribution in [-0.2, 0) is 9.84 Å². The van der Waals surface area contributed by atoms with Crippen molar-refractivity contribution in [3.8, 4) is 0 Å². The highest BCUT2D eigenvalue weighted by molar-refractivity contribution is 7.91. The van der Waals surface area contributed by atoms with Crippen LogP contribution in [0.15, 0.2) is 0 Å². The van der Waals surface area contributed by atoms with Crippen LogP contribution < -0.4 is 5.32 Å². The molecule has 1 aliphatic heterocycles. The summed E-state index contributed by atoms with van der Waals surface area (Å²) < 4.78 is 22.7. The number of hydrogen-bond donors (Lipinski definition) is 1. The largest absolute Gasteiger partial charge is 0.313 e. The second-order valence-electron chi connectivity index (χ2n) is 6.11. The molecule has 0 bridgehead atoms. The Balaban J connectivity index is 1.80. The maximum atomic E-state index is 11.3. The van der Waals surface area contributed by atoms with E-state index < -0.39 is 9.84 Å². The molecule has 1 heterocycles. The fourth-order valence-corrected chi connectivity index (χ4v) is 4.91. The molecule has 0 radical (unpaired) electrons. The van der Waals surface area contributed by atoms with Crippen LogP contribution in [0.1, 0.15) is 39.5 Å². The smallest absolute Gasteiger partial charge is 0.150 e. The lowest BCUT2D eigenvalue weighted by Gasteiger charge is -2.28. The van der Waals surface area contributed by atoms with Crippen molar-refractivity contribution in [1.82, 2.24) is 5.32 Å². The first-order valence-corrected chi connectivity index (χ1v) is 8.15. The summed E-state index contributed by atoms with van der Waals surface area (Å²) in [5.74, 6) is 1.14. The van der Waals surface area contributed by atoms with Crippen molar-refractivity contribution in [3.05, 3.63) is 0 Å². The van der Waals surface area contributed by atoms with E-state index >= 15 is 0 Å². The van der Waals surface area contributed by atoms with Gasteiger partial charge in [-0.3, -0.25) is 0 Å². The van der Waals surface area contributed by atoms with E-state index in [0.29, 0.717) is 28.9 Å². The summed E-state index contributed by atoms with van der Waals surface area (Å²) in [5, 5.41) is 3.59. The fourth-order valence-electron chi connectivity index (χ4n) is 3.05. The lowest BCUT2D eigenvalue weighted by atomic mass is 9.87. The first-order valence-electron chi connectivity index (χ1n) is 6.33. The topological polar surface area (TPSA) is 46.2 Å². The SMILES string of the molecule is CC1(C)CCCC1NCC1CCS(=O)(=O)C1. The minimum Gasteiger partial charge on any atom is -0.313 e. The zero-order valence-electron chi connectivity index (χ0n) is 10.3. The van der Waals surface area contributed by atoms with Crippen molar-refractivity contribution in [3.63, 3.8) is 0 Å². The van der Waals surface area contributed by atoms with E-state index in [0.717, 1.165) is 13.0 Å². The van der Waals surface area contributed by atoms with Crippen LogP contribution in [0.2, 0.25) is 0 Å². The Morgan fingerprint density at radius 2 is 2.06 bits per heavy atom. The molecule has 2 atom stereocenters. The summed E-state index contributed by atoms with van der Waals surface area (Å²) in [6, 6.07) is 0.579. The molecule has 4 heteroatoms. The van der Waals surface area contributed by atoms with Crippen molar-refractivity contribution >= 4 is 9.84 Å². The molecule has 94 valence electrons. The first kappa shape index (κ1) is 12.4. The van der Waals surface area contributed by atoms with Crippen LogP contribution >= 0.6 is 0 Å². The zero-order chi connectivity index (χ0) is 11.8. The Labute approximate surface area is 98.9 Å². The molecule has 1 saturated heterocycles. The normalized spacial score (nSPS) is 36.6. The average molecular weight is 245 g/mol. The molecule has 1 aliphatic carbocycles. The maximum Gasteiger partial charge on any atom is 0.150 e. The van der Waals surface area contributed by atoms with Crippen LogP contribution in [0.25, 0.3) is 0 Å². The number of sulfone groups is 1. The minimum atomic E-state index is -2.71. The van der Waals surface area contributed by atoms with E-state index in [4.69, 9.17) is 0 Å². The lowest BCUT2D eigenvalue weighted by molar-refractivity contribution is 0.274. The van der Waals surface area contributed by atoms with Crippen LogP contribution in [0.4, 0.5) is 0 Å². The second-order valence-corrected chi connectivity index (χ2v) is 8.34. The molecule has 1 saturated carbocycles. The fraction of sp³-hybridized carbons (Fsp3) is 1.00. The molecule has 0 aromatic carbocycles. The quantitative estimate of drug-likeness (QED) is 0.821. The van der Waals surface area contributed by atoms with Gasteiger partial charge in [0.1, 0.15) is 0 Å². The number of rotatable bonds is 3. The second kappa shape index (κ2) is 4.30. The van der Waals surface area contributed by atoms with Crippen molar-refractivity contribution in [2.24, 2.45) is 11.3 Å². The van der Waals surface area contributed by atoms with Crippen molar-refractivity contribution in [1.29, 1.82) is 0 Å². The van der Waals surface area contributed by atoms with E-state index in [1.54, 1.807) is 0 Å². The Morgan fingerprint density at radius 1 is 1.31 bits per heavy atom. The third kappa shape index (κ3) is 2.77. The molecule has 3 nitrogen and oxygen atoms in total. The highest BCUT2D eigenvalue weighted by atomic mass is 32.2. The van der Waals surface area contributed by atoms with Gasteiger partial charge in [-0.2, -0.15) is 0 Å². The third-order valence-electron chi connectivity index (χ3n) is 4.24. The van der Waals surface area contributed by atoms with Crippen LogP contribution in [0.5, 0.6) is 0 Å². The van der Waals surface area contributed by atoms with E-state index in [2.05, 4.69) is 19.2 Å². The summed E-state index contributed by atoms with van der Waals surface area (Å²) in [4.78, 5) is 0. The Morgan fingerprint density at radius 3 is 2.56 bits per heavy atom. The van der Waals surface area contributed by atoms with Gasteiger partial charge in [0.05, 0.1) is 11.5 Å². The van der Waals surface area contributed by atoms with Crippen LogP contribution in [-0.4, -0.2) is 32.5 Å². The highest BCUT2D eigenvalue weighted by Crippen LogP contribution is 2.37. The van der Waals surface area contributed by atoms with Crippen LogP contribution in [0.3, 0.4) is 0 Å². The van der Waals surface area contributed by atoms with Gasteiger partial charge in [0, 0.05) is 6.04 Å². The molecule has 16 heavy (non-hydrogen) atoms. The molecule has 2 rings (SSSR count). The predicted octanol–water partition coefficient (Wildman–Crippen LogP) is 1.59. The minimum absolute atomic E-state index is 0.349. The van der Waals surface area contributed by atoms with Crippen molar-refractivity contribution in [2.75, 3.05) is 18.1 Å². The Hall–Kier alpha value is -0.0900. The summed E-state index contributed by atoms with van der Waals surface area (Å²) in [7, 11) is -2.71. The van der Waals surface area contributed by atoms with Crippen LogP contribution in [0, 0.1) is 11.3 Å². The van der Waals surface area contributed by atoms with Crippen molar-refractivity contribution in [2.45, 2.75) is 45.6 Å². The lowest BCUT2D eigenvalue weighted by Crippen LogP contribution is -2.40. The monoisotopic (exact) mass is 245 g/mol. The van der Waals surface area contributed by atoms with Gasteiger partial charge in [0.2, 0.25) is 0 Å². The van der Waals surface area contributed by atoms with Gasteiger partial charge in [-0.25, -0.2) is 8.42 Å². The van der Waals surface area contributed by atoms with E-state index in [1.807, 2.05) is 0 Å². The highest BCUT2D eigenvalue weighted by Gasteiger charge is 2.35. The van der Waals surface area contributed by atoms with Gasteiger partial charge >= 0.3 is 0 Å². The molecule has 0 aromatic heterocycles. The van der Waals surface area contributed by atoms with E-state index in [-0.39, 0.29) is 0 Å². The zero-order valence-corrected chi connectivity index (χ0v) is 11.1. The van der Waals surface area contributed by atoms with Gasteiger partial charge in [-0.1, -0.05) is 20.3 Å². The van der Waals surface area contributed by atoms with Crippen molar-refractivity contribution < 1.29 is 8.42 Å². The molecule has 2 fully saturated rings. The standard InChI is InChI=1S/C12H23NO2S/c1-12(2)6-3-4-11(12)13-8-10-5-7-16(14,15)9-10/h10-11,13H,3-9H2,1-2H3. The van der Waals surface area contributed by atoms with Gasteiger partial charge in [0.15, 0.2) is 9.84 Å². The predicted molar refractivity (Wildman–Crippen MR) is 66.2 cm³/mol. The molecule has 0 aromatic rings. The molecule has 0 amide bonds. The summed E-state index contributed by atoms with van der Waals surface area (Å²) in [6.07, 6.45) is 4.68. The molecular formula is C12H23NO2S. The van der Waals surface area contributed by atoms with Gasteiger partial charge in [0.25, 0.3) is 0 Å². The summed E-state index contributed by atoms with van der Waals surface area (Å²) in [6.45, 7) is 5.50. The number of nitrogens with one attached hydrogen (secondary N) is 1. The van der Waals surface area contributed by atoms with Gasteiger partial charge < -0.3 is 5.32 Å². The Bertz CT molecular complexity index is 348. The van der Waals surface area contributed by atoms with Gasteiger partial charge in [-0.15, -0.1) is 0 Å². The maximum absolute atomic E-state index is 11.3. The molecule has 2 unspecified atom stereocenters.